The van der Waals surface area contributed by atoms with Crippen LogP contribution in [0.4, 0.5) is 8.78 Å². The van der Waals surface area contributed by atoms with E-state index in [1.54, 1.807) is 0 Å². The van der Waals surface area contributed by atoms with Gasteiger partial charge in [-0.3, -0.25) is 0 Å². The molecule has 1 aromatic carbocycles. The molecule has 0 radical (unpaired) electrons. The van der Waals surface area contributed by atoms with Crippen LogP contribution in [0.25, 0.3) is 0 Å². The van der Waals surface area contributed by atoms with E-state index in [0.717, 1.165) is 12.1 Å². The van der Waals surface area contributed by atoms with Gasteiger partial charge in [0.1, 0.15) is 11.6 Å². The maximum Gasteiger partial charge on any atom is 0.129 e. The minimum absolute atomic E-state index is 0.0101. The maximum absolute atomic E-state index is 13.4. The quantitative estimate of drug-likeness (QED) is 0.679. The Hall–Kier alpha value is -0.960. The summed E-state index contributed by atoms with van der Waals surface area (Å²) in [5, 5.41) is 9.58. The van der Waals surface area contributed by atoms with Gasteiger partial charge >= 0.3 is 0 Å². The van der Waals surface area contributed by atoms with E-state index < -0.39 is 17.7 Å². The summed E-state index contributed by atoms with van der Waals surface area (Å²) in [6, 6.07) is 2.21. The fraction of sp³-hybridized carbons (Fsp3) is 0.455. The minimum atomic E-state index is -0.850. The lowest BCUT2D eigenvalue weighted by Gasteiger charge is -2.27. The number of aliphatic hydroxyl groups is 1. The number of rotatable bonds is 0. The van der Waals surface area contributed by atoms with Gasteiger partial charge in [-0.15, -0.1) is 0 Å². The Labute approximate surface area is 81.4 Å². The first kappa shape index (κ1) is 9.59. The summed E-state index contributed by atoms with van der Waals surface area (Å²) in [5.74, 6) is -0.919. The van der Waals surface area contributed by atoms with Gasteiger partial charge in [-0.25, -0.2) is 8.78 Å². The molecule has 0 saturated carbocycles. The zero-order chi connectivity index (χ0) is 10.3. The van der Waals surface area contributed by atoms with E-state index in [-0.39, 0.29) is 11.5 Å². The molecule has 2 atom stereocenters. The standard InChI is InChI=1S/C11H12F2O/c1-6-2-5-9(14)11-8(13)4-3-7(12)10(6)11/h3-4,6,9,14H,2,5H2,1H3/t6?,9-/m0/s1. The number of aliphatic hydroxyl groups excluding tert-OH is 1. The van der Waals surface area contributed by atoms with Gasteiger partial charge in [0.2, 0.25) is 0 Å². The number of fused-ring (bicyclic) bond motifs is 1. The highest BCUT2D eigenvalue weighted by molar-refractivity contribution is 5.36. The third-order valence-corrected chi connectivity index (χ3v) is 2.88. The topological polar surface area (TPSA) is 20.2 Å². The summed E-state index contributed by atoms with van der Waals surface area (Å²) in [6.45, 7) is 1.85. The van der Waals surface area contributed by atoms with Gasteiger partial charge in [-0.2, -0.15) is 0 Å². The molecule has 0 heterocycles. The second-order valence-electron chi connectivity index (χ2n) is 3.85. The van der Waals surface area contributed by atoms with Crippen molar-refractivity contribution in [1.29, 1.82) is 0 Å². The maximum atomic E-state index is 13.4. The van der Waals surface area contributed by atoms with Crippen LogP contribution in [0.2, 0.25) is 0 Å². The SMILES string of the molecule is CC1CC[C@H](O)c2c(F)ccc(F)c21. The third-order valence-electron chi connectivity index (χ3n) is 2.88. The van der Waals surface area contributed by atoms with Gasteiger partial charge < -0.3 is 5.11 Å². The summed E-state index contributed by atoms with van der Waals surface area (Å²) < 4.78 is 26.7. The van der Waals surface area contributed by atoms with Crippen molar-refractivity contribution in [2.75, 3.05) is 0 Å². The number of hydrogen-bond acceptors (Lipinski definition) is 1. The van der Waals surface area contributed by atoms with E-state index in [4.69, 9.17) is 0 Å². The average Bonchev–Trinajstić information content (AvgIpc) is 2.16. The van der Waals surface area contributed by atoms with Crippen molar-refractivity contribution < 1.29 is 13.9 Å². The summed E-state index contributed by atoms with van der Waals surface area (Å²) in [6.07, 6.45) is 0.361. The zero-order valence-electron chi connectivity index (χ0n) is 7.93. The molecule has 0 saturated heterocycles. The molecule has 1 aromatic rings. The molecule has 0 fully saturated rings. The van der Waals surface area contributed by atoms with Crippen molar-refractivity contribution in [3.05, 3.63) is 34.9 Å². The van der Waals surface area contributed by atoms with E-state index in [2.05, 4.69) is 0 Å². The Morgan fingerprint density at radius 2 is 1.71 bits per heavy atom. The second-order valence-corrected chi connectivity index (χ2v) is 3.85. The monoisotopic (exact) mass is 198 g/mol. The average molecular weight is 198 g/mol. The lowest BCUT2D eigenvalue weighted by molar-refractivity contribution is 0.145. The third kappa shape index (κ3) is 1.32. The Kier molecular flexibility index (Phi) is 2.27. The molecule has 3 heteroatoms. The highest BCUT2D eigenvalue weighted by Crippen LogP contribution is 2.39. The van der Waals surface area contributed by atoms with Crippen molar-refractivity contribution in [3.8, 4) is 0 Å². The van der Waals surface area contributed by atoms with Crippen LogP contribution >= 0.6 is 0 Å². The van der Waals surface area contributed by atoms with Crippen LogP contribution in [0.5, 0.6) is 0 Å². The summed E-state index contributed by atoms with van der Waals surface area (Å²) in [5.41, 5.74) is 0.507. The molecular weight excluding hydrogens is 186 g/mol. The number of halogens is 2. The molecule has 0 spiro atoms. The zero-order valence-corrected chi connectivity index (χ0v) is 7.93. The molecule has 0 aromatic heterocycles. The molecule has 76 valence electrons. The molecule has 0 amide bonds. The summed E-state index contributed by atoms with van der Waals surface area (Å²) in [7, 11) is 0. The van der Waals surface area contributed by atoms with Gasteiger partial charge in [-0.1, -0.05) is 6.92 Å². The van der Waals surface area contributed by atoms with Gasteiger partial charge in [0.05, 0.1) is 6.10 Å². The van der Waals surface area contributed by atoms with Crippen LogP contribution in [0.1, 0.15) is 42.9 Å². The fourth-order valence-corrected chi connectivity index (χ4v) is 2.12. The Morgan fingerprint density at radius 3 is 2.29 bits per heavy atom. The van der Waals surface area contributed by atoms with E-state index >= 15 is 0 Å². The highest BCUT2D eigenvalue weighted by atomic mass is 19.1. The molecule has 1 nitrogen and oxygen atoms in total. The number of benzene rings is 1. The van der Waals surface area contributed by atoms with E-state index in [1.165, 1.54) is 0 Å². The predicted octanol–water partition coefficient (Wildman–Crippen LogP) is 2.90. The molecule has 1 unspecified atom stereocenters. The Balaban J connectivity index is 2.65. The van der Waals surface area contributed by atoms with E-state index in [9.17, 15) is 13.9 Å². The molecule has 14 heavy (non-hydrogen) atoms. The first-order valence-electron chi connectivity index (χ1n) is 4.77. The Bertz CT molecular complexity index is 328. The first-order chi connectivity index (χ1) is 6.61. The van der Waals surface area contributed by atoms with Crippen LogP contribution in [-0.2, 0) is 0 Å². The minimum Gasteiger partial charge on any atom is -0.388 e. The number of hydrogen-bond donors (Lipinski definition) is 1. The van der Waals surface area contributed by atoms with Crippen molar-refractivity contribution in [2.24, 2.45) is 0 Å². The largest absolute Gasteiger partial charge is 0.388 e. The molecule has 1 aliphatic rings. The molecular formula is C11H12F2O. The van der Waals surface area contributed by atoms with Crippen molar-refractivity contribution in [1.82, 2.24) is 0 Å². The molecule has 0 bridgehead atoms. The van der Waals surface area contributed by atoms with Gasteiger partial charge in [0.15, 0.2) is 0 Å². The van der Waals surface area contributed by atoms with Gasteiger partial charge in [0.25, 0.3) is 0 Å². The predicted molar refractivity (Wildman–Crippen MR) is 49.0 cm³/mol. The van der Waals surface area contributed by atoms with Crippen molar-refractivity contribution in [2.45, 2.75) is 31.8 Å². The van der Waals surface area contributed by atoms with E-state index in [1.807, 2.05) is 6.92 Å². The van der Waals surface area contributed by atoms with Gasteiger partial charge in [0, 0.05) is 5.56 Å². The van der Waals surface area contributed by atoms with Crippen molar-refractivity contribution >= 4 is 0 Å². The Morgan fingerprint density at radius 1 is 1.14 bits per heavy atom. The first-order valence-corrected chi connectivity index (χ1v) is 4.77. The van der Waals surface area contributed by atoms with Crippen LogP contribution in [0, 0.1) is 11.6 Å². The normalized spacial score (nSPS) is 26.0. The van der Waals surface area contributed by atoms with Crippen LogP contribution in [0.3, 0.4) is 0 Å². The van der Waals surface area contributed by atoms with Gasteiger partial charge in [-0.05, 0) is 36.5 Å². The van der Waals surface area contributed by atoms with E-state index in [0.29, 0.717) is 18.4 Å². The van der Waals surface area contributed by atoms with Crippen LogP contribution in [-0.4, -0.2) is 5.11 Å². The lowest BCUT2D eigenvalue weighted by atomic mass is 9.82. The second kappa shape index (κ2) is 3.31. The molecule has 0 aliphatic heterocycles. The smallest absolute Gasteiger partial charge is 0.129 e. The molecule has 1 N–H and O–H groups in total. The molecule has 1 aliphatic carbocycles. The summed E-state index contributed by atoms with van der Waals surface area (Å²) in [4.78, 5) is 0. The van der Waals surface area contributed by atoms with Crippen LogP contribution in [0.15, 0.2) is 12.1 Å². The summed E-state index contributed by atoms with van der Waals surface area (Å²) >= 11 is 0. The van der Waals surface area contributed by atoms with Crippen molar-refractivity contribution in [3.63, 3.8) is 0 Å². The van der Waals surface area contributed by atoms with Crippen LogP contribution < -0.4 is 0 Å². The molecule has 2 rings (SSSR count). The fourth-order valence-electron chi connectivity index (χ4n) is 2.12. The lowest BCUT2D eigenvalue weighted by Crippen LogP contribution is -2.16. The highest BCUT2D eigenvalue weighted by Gasteiger charge is 2.28.